The lowest BCUT2D eigenvalue weighted by Crippen LogP contribution is -2.19. The van der Waals surface area contributed by atoms with E-state index in [9.17, 15) is 0 Å². The van der Waals surface area contributed by atoms with Crippen molar-refractivity contribution >= 4 is 0 Å². The minimum Gasteiger partial charge on any atom is -0.497 e. The van der Waals surface area contributed by atoms with Crippen molar-refractivity contribution in [2.24, 2.45) is 0 Å². The lowest BCUT2D eigenvalue weighted by atomic mass is 9.96. The van der Waals surface area contributed by atoms with E-state index in [-0.39, 0.29) is 0 Å². The van der Waals surface area contributed by atoms with Gasteiger partial charge in [0, 0.05) is 6.04 Å². The largest absolute Gasteiger partial charge is 0.497 e. The summed E-state index contributed by atoms with van der Waals surface area (Å²) in [5, 5.41) is 3.42. The van der Waals surface area contributed by atoms with Gasteiger partial charge >= 0.3 is 0 Å². The highest BCUT2D eigenvalue weighted by molar-refractivity contribution is 5.33. The second kappa shape index (κ2) is 6.58. The fourth-order valence-corrected chi connectivity index (χ4v) is 2.59. The molecule has 1 N–H and O–H groups in total. The molecule has 0 spiro atoms. The van der Waals surface area contributed by atoms with Crippen LogP contribution in [0.5, 0.6) is 5.75 Å². The Morgan fingerprint density at radius 1 is 1.00 bits per heavy atom. The van der Waals surface area contributed by atoms with Gasteiger partial charge in [-0.1, -0.05) is 41.5 Å². The van der Waals surface area contributed by atoms with Crippen LogP contribution in [0.2, 0.25) is 0 Å². The third-order valence-corrected chi connectivity index (χ3v) is 3.59. The lowest BCUT2D eigenvalue weighted by molar-refractivity contribution is 0.414. The van der Waals surface area contributed by atoms with E-state index in [0.29, 0.717) is 6.04 Å². The average molecular weight is 269 g/mol. The van der Waals surface area contributed by atoms with Crippen molar-refractivity contribution in [2.45, 2.75) is 26.3 Å². The van der Waals surface area contributed by atoms with Crippen molar-refractivity contribution in [3.8, 4) is 5.75 Å². The van der Waals surface area contributed by atoms with Gasteiger partial charge in [0.25, 0.3) is 0 Å². The maximum atomic E-state index is 5.20. The molecule has 2 aromatic rings. The first kappa shape index (κ1) is 14.6. The number of methoxy groups -OCH3 is 1. The van der Waals surface area contributed by atoms with Gasteiger partial charge < -0.3 is 10.1 Å². The van der Waals surface area contributed by atoms with E-state index < -0.39 is 0 Å². The van der Waals surface area contributed by atoms with Crippen LogP contribution in [0.15, 0.2) is 42.5 Å². The molecule has 2 aromatic carbocycles. The highest BCUT2D eigenvalue weighted by atomic mass is 16.5. The van der Waals surface area contributed by atoms with Crippen LogP contribution in [0.3, 0.4) is 0 Å². The van der Waals surface area contributed by atoms with Crippen LogP contribution in [-0.4, -0.2) is 14.2 Å². The fraction of sp³-hybridized carbons (Fsp3) is 0.333. The zero-order chi connectivity index (χ0) is 14.5. The number of hydrogen-bond acceptors (Lipinski definition) is 2. The molecule has 1 unspecified atom stereocenters. The molecular formula is C18H23NO. The van der Waals surface area contributed by atoms with Crippen LogP contribution in [0, 0.1) is 13.8 Å². The summed E-state index contributed by atoms with van der Waals surface area (Å²) in [5.41, 5.74) is 5.29. The van der Waals surface area contributed by atoms with E-state index in [1.807, 2.05) is 19.2 Å². The first-order chi connectivity index (χ1) is 9.62. The molecule has 0 saturated carbocycles. The summed E-state index contributed by atoms with van der Waals surface area (Å²) in [4.78, 5) is 0. The van der Waals surface area contributed by atoms with Gasteiger partial charge in [-0.05, 0) is 50.6 Å². The summed E-state index contributed by atoms with van der Waals surface area (Å²) in [6, 6.07) is 15.4. The van der Waals surface area contributed by atoms with Crippen molar-refractivity contribution in [1.82, 2.24) is 5.32 Å². The molecule has 2 nitrogen and oxygen atoms in total. The van der Waals surface area contributed by atoms with Crippen LogP contribution in [0.4, 0.5) is 0 Å². The van der Waals surface area contributed by atoms with E-state index in [2.05, 4.69) is 49.5 Å². The van der Waals surface area contributed by atoms with Gasteiger partial charge in [0.1, 0.15) is 5.75 Å². The Balaban J connectivity index is 2.19. The van der Waals surface area contributed by atoms with E-state index in [0.717, 1.165) is 12.2 Å². The molecular weight excluding hydrogens is 246 g/mol. The van der Waals surface area contributed by atoms with Crippen LogP contribution < -0.4 is 10.1 Å². The minimum absolute atomic E-state index is 0.335. The van der Waals surface area contributed by atoms with Crippen LogP contribution in [0.25, 0.3) is 0 Å². The number of ether oxygens (including phenoxy) is 1. The molecule has 106 valence electrons. The van der Waals surface area contributed by atoms with Crippen LogP contribution in [0.1, 0.15) is 28.3 Å². The molecule has 0 bridgehead atoms. The third kappa shape index (κ3) is 3.61. The molecule has 0 fully saturated rings. The molecule has 0 aliphatic heterocycles. The molecule has 0 amide bonds. The Morgan fingerprint density at radius 2 is 1.60 bits per heavy atom. The first-order valence-electron chi connectivity index (χ1n) is 7.00. The Hall–Kier alpha value is -1.80. The Kier molecular flexibility index (Phi) is 4.80. The maximum absolute atomic E-state index is 5.20. The molecule has 0 aromatic heterocycles. The maximum Gasteiger partial charge on any atom is 0.118 e. The Labute approximate surface area is 121 Å². The van der Waals surface area contributed by atoms with Gasteiger partial charge in [0.15, 0.2) is 0 Å². The molecule has 0 aliphatic carbocycles. The monoisotopic (exact) mass is 269 g/mol. The van der Waals surface area contributed by atoms with Crippen LogP contribution in [-0.2, 0) is 6.42 Å². The van der Waals surface area contributed by atoms with E-state index in [1.54, 1.807) is 7.11 Å². The van der Waals surface area contributed by atoms with E-state index in [4.69, 9.17) is 4.74 Å². The lowest BCUT2D eigenvalue weighted by Gasteiger charge is -2.18. The van der Waals surface area contributed by atoms with Crippen molar-refractivity contribution in [1.29, 1.82) is 0 Å². The molecule has 2 rings (SSSR count). The highest BCUT2D eigenvalue weighted by Gasteiger charge is 2.11. The standard InChI is InChI=1S/C18H23NO/c1-13-9-14(2)11-16(10-13)18(19-3)12-15-5-7-17(20-4)8-6-15/h5-11,18-19H,12H2,1-4H3. The summed E-state index contributed by atoms with van der Waals surface area (Å²) in [6.07, 6.45) is 0.976. The molecule has 2 heteroatoms. The Morgan fingerprint density at radius 3 is 2.10 bits per heavy atom. The summed E-state index contributed by atoms with van der Waals surface area (Å²) >= 11 is 0. The normalized spacial score (nSPS) is 12.2. The summed E-state index contributed by atoms with van der Waals surface area (Å²) in [6.45, 7) is 4.30. The Bertz CT molecular complexity index is 540. The van der Waals surface area contributed by atoms with Crippen molar-refractivity contribution in [2.75, 3.05) is 14.2 Å². The zero-order valence-corrected chi connectivity index (χ0v) is 12.7. The first-order valence-corrected chi connectivity index (χ1v) is 7.00. The number of nitrogens with one attached hydrogen (secondary N) is 1. The number of hydrogen-bond donors (Lipinski definition) is 1. The summed E-state index contributed by atoms with van der Waals surface area (Å²) in [7, 11) is 3.72. The quantitative estimate of drug-likeness (QED) is 0.891. The third-order valence-electron chi connectivity index (χ3n) is 3.59. The van der Waals surface area contributed by atoms with Crippen molar-refractivity contribution < 1.29 is 4.74 Å². The molecule has 0 aliphatic rings. The number of rotatable bonds is 5. The predicted molar refractivity (Wildman–Crippen MR) is 84.4 cm³/mol. The smallest absolute Gasteiger partial charge is 0.118 e. The van der Waals surface area contributed by atoms with Gasteiger partial charge in [-0.15, -0.1) is 0 Å². The van der Waals surface area contributed by atoms with E-state index >= 15 is 0 Å². The number of likely N-dealkylation sites (N-methyl/N-ethyl adjacent to an activating group) is 1. The van der Waals surface area contributed by atoms with Crippen LogP contribution >= 0.6 is 0 Å². The highest BCUT2D eigenvalue weighted by Crippen LogP contribution is 2.22. The molecule has 1 atom stereocenters. The van der Waals surface area contributed by atoms with Gasteiger partial charge in [-0.25, -0.2) is 0 Å². The average Bonchev–Trinajstić information content (AvgIpc) is 2.44. The van der Waals surface area contributed by atoms with Crippen molar-refractivity contribution in [3.63, 3.8) is 0 Å². The second-order valence-electron chi connectivity index (χ2n) is 5.31. The second-order valence-corrected chi connectivity index (χ2v) is 5.31. The predicted octanol–water partition coefficient (Wildman–Crippen LogP) is 3.82. The number of aryl methyl sites for hydroxylation is 2. The van der Waals surface area contributed by atoms with Crippen molar-refractivity contribution in [3.05, 3.63) is 64.7 Å². The summed E-state index contributed by atoms with van der Waals surface area (Å²) in [5.74, 6) is 0.904. The van der Waals surface area contributed by atoms with E-state index in [1.165, 1.54) is 22.3 Å². The van der Waals surface area contributed by atoms with Gasteiger partial charge in [0.2, 0.25) is 0 Å². The van der Waals surface area contributed by atoms with Gasteiger partial charge in [-0.3, -0.25) is 0 Å². The molecule has 0 saturated heterocycles. The number of benzene rings is 2. The topological polar surface area (TPSA) is 21.3 Å². The molecule has 0 radical (unpaired) electrons. The zero-order valence-electron chi connectivity index (χ0n) is 12.7. The van der Waals surface area contributed by atoms with Gasteiger partial charge in [0.05, 0.1) is 7.11 Å². The van der Waals surface area contributed by atoms with Gasteiger partial charge in [-0.2, -0.15) is 0 Å². The summed E-state index contributed by atoms with van der Waals surface area (Å²) < 4.78 is 5.20. The fourth-order valence-electron chi connectivity index (χ4n) is 2.59. The minimum atomic E-state index is 0.335. The molecule has 0 heterocycles. The molecule has 20 heavy (non-hydrogen) atoms. The SMILES string of the molecule is CNC(Cc1ccc(OC)cc1)c1cc(C)cc(C)c1.